The number of carbonyl (C=O) groups is 1. The van der Waals surface area contributed by atoms with Gasteiger partial charge in [-0.25, -0.2) is 0 Å². The van der Waals surface area contributed by atoms with E-state index < -0.39 is 0 Å². The molecule has 1 aliphatic rings. The summed E-state index contributed by atoms with van der Waals surface area (Å²) in [6.45, 7) is 0.868. The van der Waals surface area contributed by atoms with E-state index in [1.165, 1.54) is 0 Å². The molecule has 0 bridgehead atoms. The zero-order valence-corrected chi connectivity index (χ0v) is 7.70. The average Bonchev–Trinajstić information content (AvgIpc) is 2.18. The highest BCUT2D eigenvalue weighted by atomic mass is 16.3. The van der Waals surface area contributed by atoms with Crippen LogP contribution in [0.5, 0.6) is 0 Å². The van der Waals surface area contributed by atoms with Crippen molar-refractivity contribution in [2.24, 2.45) is 0 Å². The second-order valence-corrected chi connectivity index (χ2v) is 3.30. The van der Waals surface area contributed by atoms with Gasteiger partial charge in [-0.15, -0.1) is 6.42 Å². The van der Waals surface area contributed by atoms with Gasteiger partial charge >= 0.3 is 0 Å². The van der Waals surface area contributed by atoms with Gasteiger partial charge in [0.15, 0.2) is 0 Å². The fourth-order valence-corrected chi connectivity index (χ4v) is 1.80. The van der Waals surface area contributed by atoms with Crippen LogP contribution in [0.3, 0.4) is 0 Å². The third kappa shape index (κ3) is 2.46. The highest BCUT2D eigenvalue weighted by Crippen LogP contribution is 2.19. The molecule has 0 saturated carbocycles. The van der Waals surface area contributed by atoms with Crippen LogP contribution in [0, 0.1) is 12.3 Å². The maximum Gasteiger partial charge on any atom is 0.298 e. The van der Waals surface area contributed by atoms with E-state index in [-0.39, 0.29) is 18.6 Å². The maximum atomic E-state index is 11.3. The van der Waals surface area contributed by atoms with Crippen molar-refractivity contribution in [1.29, 1.82) is 0 Å². The van der Waals surface area contributed by atoms with Crippen LogP contribution in [0.25, 0.3) is 0 Å². The van der Waals surface area contributed by atoms with Crippen molar-refractivity contribution in [2.75, 3.05) is 13.2 Å². The van der Waals surface area contributed by atoms with Gasteiger partial charge < -0.3 is 10.0 Å². The normalized spacial score (nSPS) is 22.5. The third-order valence-electron chi connectivity index (χ3n) is 2.47. The summed E-state index contributed by atoms with van der Waals surface area (Å²) in [7, 11) is 0. The number of likely N-dealkylation sites (tertiary alicyclic amines) is 1. The largest absolute Gasteiger partial charge is 0.396 e. The number of piperidine rings is 1. The van der Waals surface area contributed by atoms with E-state index in [4.69, 9.17) is 11.5 Å². The Morgan fingerprint density at radius 2 is 2.38 bits per heavy atom. The summed E-state index contributed by atoms with van der Waals surface area (Å²) in [4.78, 5) is 13.0. The monoisotopic (exact) mass is 181 g/mol. The van der Waals surface area contributed by atoms with Crippen LogP contribution < -0.4 is 0 Å². The van der Waals surface area contributed by atoms with Gasteiger partial charge in [0.05, 0.1) is 0 Å². The topological polar surface area (TPSA) is 40.5 Å². The van der Waals surface area contributed by atoms with Gasteiger partial charge in [-0.1, -0.05) is 0 Å². The second-order valence-electron chi connectivity index (χ2n) is 3.30. The first-order valence-corrected chi connectivity index (χ1v) is 4.67. The number of carbonyl (C=O) groups excluding carboxylic acids is 1. The standard InChI is InChI=1S/C10H15NO2/c1-2-10(13)11-7-4-3-5-9(11)6-8-12/h1,9,12H,3-8H2. The summed E-state index contributed by atoms with van der Waals surface area (Å²) in [6, 6.07) is 0.155. The summed E-state index contributed by atoms with van der Waals surface area (Å²) < 4.78 is 0. The first-order valence-electron chi connectivity index (χ1n) is 4.67. The maximum absolute atomic E-state index is 11.3. The second kappa shape index (κ2) is 4.88. The van der Waals surface area contributed by atoms with Gasteiger partial charge in [0.25, 0.3) is 5.91 Å². The Labute approximate surface area is 78.7 Å². The Kier molecular flexibility index (Phi) is 3.78. The molecule has 1 N–H and O–H groups in total. The molecule has 0 aromatic heterocycles. The number of amides is 1. The molecule has 3 nitrogen and oxygen atoms in total. The van der Waals surface area contributed by atoms with E-state index in [0.29, 0.717) is 6.42 Å². The molecule has 1 fully saturated rings. The minimum Gasteiger partial charge on any atom is -0.396 e. The molecule has 0 spiro atoms. The molecular formula is C10H15NO2. The third-order valence-corrected chi connectivity index (χ3v) is 2.47. The van der Waals surface area contributed by atoms with Gasteiger partial charge in [0, 0.05) is 19.2 Å². The lowest BCUT2D eigenvalue weighted by molar-refractivity contribution is -0.128. The lowest BCUT2D eigenvalue weighted by atomic mass is 9.99. The van der Waals surface area contributed by atoms with Crippen molar-refractivity contribution in [3.05, 3.63) is 0 Å². The molecular weight excluding hydrogens is 166 g/mol. The molecule has 1 saturated heterocycles. The van der Waals surface area contributed by atoms with Crippen LogP contribution in [-0.4, -0.2) is 35.1 Å². The minimum absolute atomic E-state index is 0.124. The van der Waals surface area contributed by atoms with Crippen LogP contribution in [-0.2, 0) is 4.79 Å². The van der Waals surface area contributed by atoms with Crippen molar-refractivity contribution in [3.63, 3.8) is 0 Å². The number of terminal acetylenes is 1. The van der Waals surface area contributed by atoms with E-state index >= 15 is 0 Å². The molecule has 72 valence electrons. The Hall–Kier alpha value is -1.01. The van der Waals surface area contributed by atoms with Crippen LogP contribution in [0.15, 0.2) is 0 Å². The number of rotatable bonds is 2. The number of hydrogen-bond donors (Lipinski definition) is 1. The summed E-state index contributed by atoms with van der Waals surface area (Å²) in [5, 5.41) is 8.80. The van der Waals surface area contributed by atoms with Crippen molar-refractivity contribution in [1.82, 2.24) is 4.90 Å². The highest BCUT2D eigenvalue weighted by Gasteiger charge is 2.24. The number of aliphatic hydroxyl groups excluding tert-OH is 1. The predicted octanol–water partition coefficient (Wildman–Crippen LogP) is 0.383. The van der Waals surface area contributed by atoms with Crippen LogP contribution in [0.4, 0.5) is 0 Å². The summed E-state index contributed by atoms with van der Waals surface area (Å²) >= 11 is 0. The van der Waals surface area contributed by atoms with Crippen LogP contribution >= 0.6 is 0 Å². The van der Waals surface area contributed by atoms with Gasteiger partial charge in [0.1, 0.15) is 0 Å². The molecule has 1 aliphatic heterocycles. The molecule has 1 rings (SSSR count). The Morgan fingerprint density at radius 1 is 1.62 bits per heavy atom. The lowest BCUT2D eigenvalue weighted by Crippen LogP contribution is -2.43. The van der Waals surface area contributed by atoms with E-state index in [2.05, 4.69) is 5.92 Å². The van der Waals surface area contributed by atoms with Gasteiger partial charge in [-0.2, -0.15) is 0 Å². The average molecular weight is 181 g/mol. The predicted molar refractivity (Wildman–Crippen MR) is 49.9 cm³/mol. The molecule has 13 heavy (non-hydrogen) atoms. The zero-order chi connectivity index (χ0) is 9.68. The molecule has 1 unspecified atom stereocenters. The van der Waals surface area contributed by atoms with Gasteiger partial charge in [-0.05, 0) is 31.6 Å². The molecule has 1 amide bonds. The van der Waals surface area contributed by atoms with Gasteiger partial charge in [-0.3, -0.25) is 4.79 Å². The van der Waals surface area contributed by atoms with E-state index in [9.17, 15) is 4.79 Å². The van der Waals surface area contributed by atoms with Crippen LogP contribution in [0.2, 0.25) is 0 Å². The highest BCUT2D eigenvalue weighted by molar-refractivity contribution is 5.93. The molecule has 1 heterocycles. The Bertz CT molecular complexity index is 217. The number of hydrogen-bond acceptors (Lipinski definition) is 2. The molecule has 0 radical (unpaired) electrons. The van der Waals surface area contributed by atoms with E-state index in [0.717, 1.165) is 25.8 Å². The van der Waals surface area contributed by atoms with E-state index in [1.54, 1.807) is 4.90 Å². The first kappa shape index (κ1) is 10.1. The Morgan fingerprint density at radius 3 is 3.00 bits per heavy atom. The zero-order valence-electron chi connectivity index (χ0n) is 7.70. The first-order chi connectivity index (χ1) is 6.29. The summed E-state index contributed by atoms with van der Waals surface area (Å²) in [5.74, 6) is 1.89. The molecule has 0 aliphatic carbocycles. The van der Waals surface area contributed by atoms with E-state index in [1.807, 2.05) is 0 Å². The fraction of sp³-hybridized carbons (Fsp3) is 0.700. The smallest absolute Gasteiger partial charge is 0.298 e. The molecule has 1 atom stereocenters. The van der Waals surface area contributed by atoms with Crippen molar-refractivity contribution < 1.29 is 9.90 Å². The van der Waals surface area contributed by atoms with Crippen LogP contribution in [0.1, 0.15) is 25.7 Å². The Balaban J connectivity index is 2.57. The van der Waals surface area contributed by atoms with Crippen molar-refractivity contribution >= 4 is 5.91 Å². The lowest BCUT2D eigenvalue weighted by Gasteiger charge is -2.34. The fourth-order valence-electron chi connectivity index (χ4n) is 1.80. The van der Waals surface area contributed by atoms with Gasteiger partial charge in [0.2, 0.25) is 0 Å². The van der Waals surface area contributed by atoms with Crippen molar-refractivity contribution in [3.8, 4) is 12.3 Å². The molecule has 3 heteroatoms. The quantitative estimate of drug-likeness (QED) is 0.626. The summed E-state index contributed by atoms with van der Waals surface area (Å²) in [5.41, 5.74) is 0. The minimum atomic E-state index is -0.238. The summed E-state index contributed by atoms with van der Waals surface area (Å²) in [6.07, 6.45) is 8.82. The van der Waals surface area contributed by atoms with Crippen molar-refractivity contribution in [2.45, 2.75) is 31.7 Å². The SMILES string of the molecule is C#CC(=O)N1CCCCC1CCO. The number of nitrogens with zero attached hydrogens (tertiary/aromatic N) is 1. The number of aliphatic hydroxyl groups is 1. The molecule has 0 aromatic rings. The molecule has 0 aromatic carbocycles.